The van der Waals surface area contributed by atoms with E-state index in [4.69, 9.17) is 0 Å². The Labute approximate surface area is 129 Å². The molecule has 5 nitrogen and oxygen atoms in total. The van der Waals surface area contributed by atoms with Crippen LogP contribution in [0.15, 0.2) is 29.1 Å². The van der Waals surface area contributed by atoms with Crippen LogP contribution in [0.25, 0.3) is 11.0 Å². The fraction of sp³-hybridized carbons (Fsp3) is 0.353. The molecule has 3 aromatic rings. The Kier molecular flexibility index (Phi) is 3.79. The summed E-state index contributed by atoms with van der Waals surface area (Å²) in [6.07, 6.45) is 2.43. The Bertz CT molecular complexity index is 859. The van der Waals surface area contributed by atoms with Gasteiger partial charge in [0.15, 0.2) is 5.52 Å². The molecule has 3 rings (SSSR count). The molecule has 0 aliphatic rings. The number of H-pyrrole nitrogens is 1. The minimum Gasteiger partial charge on any atom is -0.308 e. The molecule has 0 spiro atoms. The van der Waals surface area contributed by atoms with Gasteiger partial charge in [-0.25, -0.2) is 4.98 Å². The predicted octanol–water partition coefficient (Wildman–Crippen LogP) is 2.51. The largest absolute Gasteiger partial charge is 0.308 e. The smallest absolute Gasteiger partial charge is 0.277 e. The second kappa shape index (κ2) is 5.75. The van der Waals surface area contributed by atoms with Crippen LogP contribution in [0.2, 0.25) is 0 Å². The van der Waals surface area contributed by atoms with Crippen molar-refractivity contribution in [3.63, 3.8) is 0 Å². The summed E-state index contributed by atoms with van der Waals surface area (Å²) >= 11 is 0. The molecule has 1 N–H and O–H groups in total. The Hall–Kier alpha value is -2.43. The van der Waals surface area contributed by atoms with Gasteiger partial charge in [-0.05, 0) is 18.9 Å². The van der Waals surface area contributed by atoms with Crippen molar-refractivity contribution in [3.05, 3.63) is 57.3 Å². The maximum atomic E-state index is 12.3. The van der Waals surface area contributed by atoms with Gasteiger partial charge in [-0.3, -0.25) is 9.48 Å². The SMILES string of the molecule is CCCc1nn(C)c2c(=O)[nH]c(Cc3ccc(C)cc3)nc12. The Morgan fingerprint density at radius 2 is 1.95 bits per heavy atom. The molecule has 2 heterocycles. The van der Waals surface area contributed by atoms with Gasteiger partial charge in [0.1, 0.15) is 11.3 Å². The number of aromatic amines is 1. The second-order valence-corrected chi connectivity index (χ2v) is 5.69. The monoisotopic (exact) mass is 296 g/mol. The van der Waals surface area contributed by atoms with E-state index in [-0.39, 0.29) is 5.56 Å². The molecule has 0 aliphatic heterocycles. The summed E-state index contributed by atoms with van der Waals surface area (Å²) in [6, 6.07) is 8.27. The van der Waals surface area contributed by atoms with Gasteiger partial charge in [0.25, 0.3) is 5.56 Å². The van der Waals surface area contributed by atoms with Crippen molar-refractivity contribution in [2.45, 2.75) is 33.1 Å². The molecule has 22 heavy (non-hydrogen) atoms. The summed E-state index contributed by atoms with van der Waals surface area (Å²) in [5.74, 6) is 0.687. The van der Waals surface area contributed by atoms with Crippen molar-refractivity contribution in [2.24, 2.45) is 7.05 Å². The number of rotatable bonds is 4. The first kappa shape index (κ1) is 14.5. The van der Waals surface area contributed by atoms with Crippen LogP contribution < -0.4 is 5.56 Å². The number of aromatic nitrogens is 4. The molecule has 0 fully saturated rings. The van der Waals surface area contributed by atoms with E-state index >= 15 is 0 Å². The average molecular weight is 296 g/mol. The Morgan fingerprint density at radius 3 is 2.64 bits per heavy atom. The van der Waals surface area contributed by atoms with Crippen LogP contribution in [0.5, 0.6) is 0 Å². The van der Waals surface area contributed by atoms with Crippen molar-refractivity contribution in [1.29, 1.82) is 0 Å². The summed E-state index contributed by atoms with van der Waals surface area (Å²) in [4.78, 5) is 19.9. The lowest BCUT2D eigenvalue weighted by molar-refractivity contribution is 0.750. The summed E-state index contributed by atoms with van der Waals surface area (Å²) in [6.45, 7) is 4.16. The standard InChI is InChI=1S/C17H20N4O/c1-4-5-13-15-16(21(3)20-13)17(22)19-14(18-15)10-12-8-6-11(2)7-9-12/h6-9H,4-5,10H2,1-3H3,(H,18,19,22). The van der Waals surface area contributed by atoms with E-state index in [1.165, 1.54) is 5.56 Å². The van der Waals surface area contributed by atoms with Gasteiger partial charge in [-0.2, -0.15) is 5.10 Å². The van der Waals surface area contributed by atoms with E-state index < -0.39 is 0 Å². The zero-order valence-corrected chi connectivity index (χ0v) is 13.2. The molecule has 0 radical (unpaired) electrons. The highest BCUT2D eigenvalue weighted by Gasteiger charge is 2.14. The first-order valence-electron chi connectivity index (χ1n) is 7.58. The molecule has 114 valence electrons. The molecular weight excluding hydrogens is 276 g/mol. The lowest BCUT2D eigenvalue weighted by Crippen LogP contribution is -2.14. The number of hydrogen-bond donors (Lipinski definition) is 1. The van der Waals surface area contributed by atoms with E-state index in [1.54, 1.807) is 11.7 Å². The van der Waals surface area contributed by atoms with Crippen LogP contribution in [0, 0.1) is 6.92 Å². The number of nitrogens with zero attached hydrogens (tertiary/aromatic N) is 3. The van der Waals surface area contributed by atoms with E-state index in [1.807, 2.05) is 0 Å². The molecule has 2 aromatic heterocycles. The van der Waals surface area contributed by atoms with Crippen LogP contribution in [0.3, 0.4) is 0 Å². The van der Waals surface area contributed by atoms with Crippen LogP contribution in [0.1, 0.15) is 36.0 Å². The molecule has 0 aliphatic carbocycles. The van der Waals surface area contributed by atoms with E-state index in [0.29, 0.717) is 17.8 Å². The fourth-order valence-electron chi connectivity index (χ4n) is 2.68. The molecule has 0 atom stereocenters. The second-order valence-electron chi connectivity index (χ2n) is 5.69. The molecule has 0 saturated heterocycles. The zero-order chi connectivity index (χ0) is 15.7. The average Bonchev–Trinajstić information content (AvgIpc) is 2.79. The highest BCUT2D eigenvalue weighted by atomic mass is 16.1. The van der Waals surface area contributed by atoms with Gasteiger partial charge in [-0.1, -0.05) is 43.2 Å². The van der Waals surface area contributed by atoms with Gasteiger partial charge in [0.05, 0.1) is 5.69 Å². The predicted molar refractivity (Wildman–Crippen MR) is 87.1 cm³/mol. The van der Waals surface area contributed by atoms with Crippen molar-refractivity contribution >= 4 is 11.0 Å². The van der Waals surface area contributed by atoms with Crippen LogP contribution in [-0.2, 0) is 19.9 Å². The Balaban J connectivity index is 2.05. The third kappa shape index (κ3) is 2.66. The van der Waals surface area contributed by atoms with E-state index in [0.717, 1.165) is 29.6 Å². The van der Waals surface area contributed by atoms with Gasteiger partial charge < -0.3 is 4.98 Å². The van der Waals surface area contributed by atoms with Crippen molar-refractivity contribution in [1.82, 2.24) is 19.7 Å². The molecule has 0 saturated carbocycles. The maximum absolute atomic E-state index is 12.3. The number of aryl methyl sites for hydroxylation is 3. The molecular formula is C17H20N4O. The number of hydrogen-bond acceptors (Lipinski definition) is 3. The Morgan fingerprint density at radius 1 is 1.23 bits per heavy atom. The quantitative estimate of drug-likeness (QED) is 0.804. The molecule has 0 unspecified atom stereocenters. The van der Waals surface area contributed by atoms with Crippen molar-refractivity contribution in [3.8, 4) is 0 Å². The number of fused-ring (bicyclic) bond motifs is 1. The van der Waals surface area contributed by atoms with Gasteiger partial charge >= 0.3 is 0 Å². The molecule has 0 amide bonds. The first-order chi connectivity index (χ1) is 10.6. The summed E-state index contributed by atoms with van der Waals surface area (Å²) in [5, 5.41) is 4.43. The van der Waals surface area contributed by atoms with Gasteiger partial charge in [0.2, 0.25) is 0 Å². The van der Waals surface area contributed by atoms with E-state index in [2.05, 4.69) is 53.2 Å². The van der Waals surface area contributed by atoms with Crippen molar-refractivity contribution in [2.75, 3.05) is 0 Å². The topological polar surface area (TPSA) is 63.6 Å². The molecule has 5 heteroatoms. The summed E-state index contributed by atoms with van der Waals surface area (Å²) in [7, 11) is 1.79. The molecule has 1 aromatic carbocycles. The minimum atomic E-state index is -0.121. The highest BCUT2D eigenvalue weighted by Crippen LogP contribution is 2.15. The van der Waals surface area contributed by atoms with Crippen LogP contribution in [0.4, 0.5) is 0 Å². The van der Waals surface area contributed by atoms with Crippen LogP contribution >= 0.6 is 0 Å². The van der Waals surface area contributed by atoms with Gasteiger partial charge in [-0.15, -0.1) is 0 Å². The summed E-state index contributed by atoms with van der Waals surface area (Å²) in [5.41, 5.74) is 4.42. The molecule has 0 bridgehead atoms. The highest BCUT2D eigenvalue weighted by molar-refractivity contribution is 5.76. The zero-order valence-electron chi connectivity index (χ0n) is 13.2. The summed E-state index contributed by atoms with van der Waals surface area (Å²) < 4.78 is 1.63. The minimum absolute atomic E-state index is 0.121. The van der Waals surface area contributed by atoms with E-state index in [9.17, 15) is 4.79 Å². The lowest BCUT2D eigenvalue weighted by Gasteiger charge is -2.03. The van der Waals surface area contributed by atoms with Crippen LogP contribution in [-0.4, -0.2) is 19.7 Å². The normalized spacial score (nSPS) is 11.2. The van der Waals surface area contributed by atoms with Crippen molar-refractivity contribution < 1.29 is 0 Å². The number of nitrogens with one attached hydrogen (secondary N) is 1. The third-order valence-corrected chi connectivity index (χ3v) is 3.79. The third-order valence-electron chi connectivity index (χ3n) is 3.79. The maximum Gasteiger partial charge on any atom is 0.277 e. The van der Waals surface area contributed by atoms with Gasteiger partial charge in [0, 0.05) is 13.5 Å². The number of benzene rings is 1. The fourth-order valence-corrected chi connectivity index (χ4v) is 2.68. The first-order valence-corrected chi connectivity index (χ1v) is 7.58. The lowest BCUT2D eigenvalue weighted by atomic mass is 10.1.